The van der Waals surface area contributed by atoms with Gasteiger partial charge in [0.2, 0.25) is 5.91 Å². The molecule has 4 nitrogen and oxygen atoms in total. The summed E-state index contributed by atoms with van der Waals surface area (Å²) in [6, 6.07) is 9.32. The van der Waals surface area contributed by atoms with E-state index in [2.05, 4.69) is 17.2 Å². The third-order valence-corrected chi connectivity index (χ3v) is 3.47. The van der Waals surface area contributed by atoms with Gasteiger partial charge in [-0.2, -0.15) is 0 Å². The highest BCUT2D eigenvalue weighted by atomic mass is 16.2. The molecule has 104 valence electrons. The zero-order valence-corrected chi connectivity index (χ0v) is 11.8. The molecule has 4 heteroatoms. The molecule has 1 fully saturated rings. The molecule has 1 heterocycles. The molecule has 2 rings (SSSR count). The Morgan fingerprint density at radius 2 is 2.00 bits per heavy atom. The monoisotopic (exact) mass is 270 g/mol. The minimum Gasteiger partial charge on any atom is -0.337 e. The fraction of sp³-hybridized carbons (Fsp3) is 0.375. The standard InChI is InChI=1S/C16H18N2O2/c1-3-4-8-11-18-12-14(19)17-16(2,15(18)20)13-9-6-5-7-10-13/h5-7,9-10H,8,11-12H2,1-2H3,(H,17,19). The largest absolute Gasteiger partial charge is 0.337 e. The van der Waals surface area contributed by atoms with Crippen molar-refractivity contribution in [2.75, 3.05) is 13.1 Å². The molecule has 1 atom stereocenters. The summed E-state index contributed by atoms with van der Waals surface area (Å²) in [4.78, 5) is 26.1. The van der Waals surface area contributed by atoms with Gasteiger partial charge in [-0.1, -0.05) is 30.3 Å². The Hall–Kier alpha value is -2.28. The van der Waals surface area contributed by atoms with Gasteiger partial charge in [-0.25, -0.2) is 0 Å². The fourth-order valence-electron chi connectivity index (χ4n) is 2.40. The van der Waals surface area contributed by atoms with Crippen molar-refractivity contribution < 1.29 is 9.59 Å². The summed E-state index contributed by atoms with van der Waals surface area (Å²) in [5.74, 6) is 5.50. The van der Waals surface area contributed by atoms with E-state index in [1.807, 2.05) is 30.3 Å². The zero-order valence-electron chi connectivity index (χ0n) is 11.8. The molecule has 0 aromatic heterocycles. The Morgan fingerprint density at radius 3 is 2.65 bits per heavy atom. The SMILES string of the molecule is CC#CCCN1CC(=O)NC(C)(c2ccccc2)C1=O. The molecule has 0 aliphatic carbocycles. The number of hydrogen-bond donors (Lipinski definition) is 1. The van der Waals surface area contributed by atoms with Crippen LogP contribution in [0.15, 0.2) is 30.3 Å². The van der Waals surface area contributed by atoms with E-state index in [1.54, 1.807) is 18.7 Å². The average molecular weight is 270 g/mol. The Labute approximate surface area is 119 Å². The van der Waals surface area contributed by atoms with Gasteiger partial charge in [0.05, 0.1) is 6.54 Å². The summed E-state index contributed by atoms with van der Waals surface area (Å²) in [5.41, 5.74) is -0.194. The highest BCUT2D eigenvalue weighted by molar-refractivity contribution is 5.98. The number of carbonyl (C=O) groups is 2. The van der Waals surface area contributed by atoms with Crippen LogP contribution in [0.4, 0.5) is 0 Å². The zero-order chi connectivity index (χ0) is 14.6. The van der Waals surface area contributed by atoms with E-state index in [4.69, 9.17) is 0 Å². The van der Waals surface area contributed by atoms with E-state index in [1.165, 1.54) is 0 Å². The highest BCUT2D eigenvalue weighted by Gasteiger charge is 2.43. The number of rotatable bonds is 3. The normalized spacial score (nSPS) is 22.0. The average Bonchev–Trinajstić information content (AvgIpc) is 2.45. The van der Waals surface area contributed by atoms with E-state index >= 15 is 0 Å². The van der Waals surface area contributed by atoms with Crippen LogP contribution in [0, 0.1) is 11.8 Å². The minimum absolute atomic E-state index is 0.0822. The van der Waals surface area contributed by atoms with Gasteiger partial charge in [-0.15, -0.1) is 11.8 Å². The quantitative estimate of drug-likeness (QED) is 0.841. The Morgan fingerprint density at radius 1 is 1.30 bits per heavy atom. The first kappa shape index (κ1) is 14.1. The molecule has 1 aliphatic rings. The lowest BCUT2D eigenvalue weighted by Gasteiger charge is -2.39. The molecule has 0 radical (unpaired) electrons. The summed E-state index contributed by atoms with van der Waals surface area (Å²) in [6.07, 6.45) is 0.584. The van der Waals surface area contributed by atoms with Crippen LogP contribution in [-0.2, 0) is 15.1 Å². The maximum atomic E-state index is 12.7. The van der Waals surface area contributed by atoms with Gasteiger partial charge in [0, 0.05) is 13.0 Å². The maximum absolute atomic E-state index is 12.7. The summed E-state index contributed by atoms with van der Waals surface area (Å²) < 4.78 is 0. The first-order chi connectivity index (χ1) is 9.58. The van der Waals surface area contributed by atoms with Crippen molar-refractivity contribution in [2.45, 2.75) is 25.8 Å². The molecule has 1 unspecified atom stereocenters. The third kappa shape index (κ3) is 2.67. The Bertz CT molecular complexity index is 571. The summed E-state index contributed by atoms with van der Waals surface area (Å²) in [6.45, 7) is 4.10. The van der Waals surface area contributed by atoms with E-state index in [9.17, 15) is 9.59 Å². The van der Waals surface area contributed by atoms with Crippen molar-refractivity contribution in [1.82, 2.24) is 10.2 Å². The lowest BCUT2D eigenvalue weighted by Crippen LogP contribution is -2.63. The predicted molar refractivity (Wildman–Crippen MR) is 76.6 cm³/mol. The number of hydrogen-bond acceptors (Lipinski definition) is 2. The molecular formula is C16H18N2O2. The predicted octanol–water partition coefficient (Wildman–Crippen LogP) is 1.27. The second-order valence-electron chi connectivity index (χ2n) is 4.94. The van der Waals surface area contributed by atoms with Crippen LogP contribution in [0.3, 0.4) is 0 Å². The van der Waals surface area contributed by atoms with Crippen LogP contribution in [0.25, 0.3) is 0 Å². The van der Waals surface area contributed by atoms with Crippen LogP contribution in [-0.4, -0.2) is 29.8 Å². The smallest absolute Gasteiger partial charge is 0.253 e. The lowest BCUT2D eigenvalue weighted by molar-refractivity contribution is -0.149. The van der Waals surface area contributed by atoms with Crippen LogP contribution >= 0.6 is 0 Å². The second kappa shape index (κ2) is 5.79. The van der Waals surface area contributed by atoms with Crippen molar-refractivity contribution in [3.63, 3.8) is 0 Å². The topological polar surface area (TPSA) is 49.4 Å². The first-order valence-corrected chi connectivity index (χ1v) is 6.63. The number of nitrogens with one attached hydrogen (secondary N) is 1. The van der Waals surface area contributed by atoms with Gasteiger partial charge in [-0.05, 0) is 19.4 Å². The van der Waals surface area contributed by atoms with E-state index in [0.29, 0.717) is 13.0 Å². The molecule has 1 aliphatic heterocycles. The van der Waals surface area contributed by atoms with Gasteiger partial charge in [0.1, 0.15) is 5.54 Å². The minimum atomic E-state index is -0.990. The summed E-state index contributed by atoms with van der Waals surface area (Å²) in [7, 11) is 0. The van der Waals surface area contributed by atoms with Crippen molar-refractivity contribution in [2.24, 2.45) is 0 Å². The summed E-state index contributed by atoms with van der Waals surface area (Å²) in [5, 5.41) is 2.81. The van der Waals surface area contributed by atoms with Gasteiger partial charge in [0.15, 0.2) is 0 Å². The van der Waals surface area contributed by atoms with E-state index in [0.717, 1.165) is 5.56 Å². The number of benzene rings is 1. The molecular weight excluding hydrogens is 252 g/mol. The maximum Gasteiger partial charge on any atom is 0.253 e. The molecule has 1 aromatic rings. The molecule has 0 bridgehead atoms. The number of carbonyl (C=O) groups excluding carboxylic acids is 2. The Kier molecular flexibility index (Phi) is 4.09. The van der Waals surface area contributed by atoms with Crippen LogP contribution in [0.1, 0.15) is 25.8 Å². The number of piperazine rings is 1. The van der Waals surface area contributed by atoms with Crippen molar-refractivity contribution in [3.8, 4) is 11.8 Å². The van der Waals surface area contributed by atoms with Gasteiger partial charge in [0.25, 0.3) is 5.91 Å². The van der Waals surface area contributed by atoms with Crippen LogP contribution in [0.2, 0.25) is 0 Å². The lowest BCUT2D eigenvalue weighted by atomic mass is 9.88. The highest BCUT2D eigenvalue weighted by Crippen LogP contribution is 2.26. The molecule has 1 saturated heterocycles. The Balaban J connectivity index is 2.26. The number of amides is 2. The van der Waals surface area contributed by atoms with Crippen LogP contribution in [0.5, 0.6) is 0 Å². The van der Waals surface area contributed by atoms with E-state index in [-0.39, 0.29) is 18.4 Å². The van der Waals surface area contributed by atoms with Gasteiger partial charge >= 0.3 is 0 Å². The molecule has 0 spiro atoms. The molecule has 20 heavy (non-hydrogen) atoms. The fourth-order valence-corrected chi connectivity index (χ4v) is 2.40. The third-order valence-electron chi connectivity index (χ3n) is 3.47. The summed E-state index contributed by atoms with van der Waals surface area (Å²) >= 11 is 0. The van der Waals surface area contributed by atoms with Crippen molar-refractivity contribution in [1.29, 1.82) is 0 Å². The molecule has 2 amide bonds. The molecule has 0 saturated carbocycles. The van der Waals surface area contributed by atoms with Gasteiger partial charge < -0.3 is 10.2 Å². The number of nitrogens with zero attached hydrogens (tertiary/aromatic N) is 1. The second-order valence-corrected chi connectivity index (χ2v) is 4.94. The van der Waals surface area contributed by atoms with E-state index < -0.39 is 5.54 Å². The van der Waals surface area contributed by atoms with Crippen molar-refractivity contribution in [3.05, 3.63) is 35.9 Å². The molecule has 1 aromatic carbocycles. The van der Waals surface area contributed by atoms with Crippen molar-refractivity contribution >= 4 is 11.8 Å². The van der Waals surface area contributed by atoms with Gasteiger partial charge in [-0.3, -0.25) is 9.59 Å². The molecule has 1 N–H and O–H groups in total. The first-order valence-electron chi connectivity index (χ1n) is 6.63. The van der Waals surface area contributed by atoms with Crippen LogP contribution < -0.4 is 5.32 Å².